The Balaban J connectivity index is 1.93. The van der Waals surface area contributed by atoms with E-state index in [4.69, 9.17) is 5.73 Å². The largest absolute Gasteiger partial charge is 0.416 e. The van der Waals surface area contributed by atoms with Gasteiger partial charge in [0.1, 0.15) is 0 Å². The van der Waals surface area contributed by atoms with Gasteiger partial charge in [-0.05, 0) is 24.5 Å². The molecule has 2 aliphatic rings. The van der Waals surface area contributed by atoms with Crippen LogP contribution >= 0.6 is 0 Å². The fraction of sp³-hybridized carbons (Fsp3) is 0.538. The second-order valence-electron chi connectivity index (χ2n) is 5.18. The highest BCUT2D eigenvalue weighted by Gasteiger charge is 2.46. The summed E-state index contributed by atoms with van der Waals surface area (Å²) in [6, 6.07) is 5.98. The Labute approximate surface area is 103 Å². The molecule has 0 radical (unpaired) electrons. The lowest BCUT2D eigenvalue weighted by Gasteiger charge is -2.27. The first-order valence-electron chi connectivity index (χ1n) is 6.15. The number of hydrogen-bond acceptors (Lipinski definition) is 2. The van der Waals surface area contributed by atoms with Gasteiger partial charge in [-0.25, -0.2) is 0 Å². The third-order valence-electron chi connectivity index (χ3n) is 4.13. The van der Waals surface area contributed by atoms with Crippen LogP contribution in [-0.4, -0.2) is 18.1 Å². The third kappa shape index (κ3) is 1.82. The molecule has 4 atom stereocenters. The van der Waals surface area contributed by atoms with Crippen LogP contribution < -0.4 is 11.1 Å². The summed E-state index contributed by atoms with van der Waals surface area (Å²) in [6.45, 7) is 0. The Bertz CT molecular complexity index is 456. The van der Waals surface area contributed by atoms with E-state index in [0.29, 0.717) is 5.56 Å². The van der Waals surface area contributed by atoms with Gasteiger partial charge in [-0.2, -0.15) is 13.2 Å². The zero-order valence-electron chi connectivity index (χ0n) is 9.74. The Kier molecular flexibility index (Phi) is 2.64. The molecule has 0 aliphatic carbocycles. The average molecular weight is 256 g/mol. The molecule has 4 unspecified atom stereocenters. The van der Waals surface area contributed by atoms with Crippen LogP contribution in [0, 0.1) is 0 Å². The number of halogens is 3. The number of hydrogen-bond donors (Lipinski definition) is 2. The van der Waals surface area contributed by atoms with Gasteiger partial charge in [0.2, 0.25) is 0 Å². The summed E-state index contributed by atoms with van der Waals surface area (Å²) < 4.78 is 38.1. The molecule has 1 aromatic rings. The molecule has 0 saturated carbocycles. The first kappa shape index (κ1) is 12.0. The minimum absolute atomic E-state index is 0.00560. The molecular formula is C13H15F3N2. The molecule has 2 nitrogen and oxygen atoms in total. The van der Waals surface area contributed by atoms with Gasteiger partial charge in [0.15, 0.2) is 0 Å². The van der Waals surface area contributed by atoms with Crippen molar-refractivity contribution in [1.29, 1.82) is 0 Å². The molecular weight excluding hydrogens is 241 g/mol. The van der Waals surface area contributed by atoms with Crippen molar-refractivity contribution in [1.82, 2.24) is 5.32 Å². The number of benzene rings is 1. The van der Waals surface area contributed by atoms with Crippen LogP contribution in [0.15, 0.2) is 24.3 Å². The maximum Gasteiger partial charge on any atom is 0.416 e. The van der Waals surface area contributed by atoms with E-state index >= 15 is 0 Å². The summed E-state index contributed by atoms with van der Waals surface area (Å²) in [5.41, 5.74) is 6.23. The van der Waals surface area contributed by atoms with Crippen LogP contribution in [0.3, 0.4) is 0 Å². The number of nitrogens with two attached hydrogens (primary N) is 1. The lowest BCUT2D eigenvalue weighted by molar-refractivity contribution is -0.137. The topological polar surface area (TPSA) is 38.0 Å². The van der Waals surface area contributed by atoms with Crippen LogP contribution in [0.2, 0.25) is 0 Å². The maximum atomic E-state index is 12.7. The second kappa shape index (κ2) is 3.96. The van der Waals surface area contributed by atoms with E-state index in [1.807, 2.05) is 0 Å². The predicted molar refractivity (Wildman–Crippen MR) is 62.1 cm³/mol. The van der Waals surface area contributed by atoms with E-state index in [0.717, 1.165) is 18.9 Å². The van der Waals surface area contributed by atoms with Gasteiger partial charge in [0.05, 0.1) is 5.56 Å². The molecule has 2 saturated heterocycles. The van der Waals surface area contributed by atoms with Crippen LogP contribution in [-0.2, 0) is 6.18 Å². The Morgan fingerprint density at radius 3 is 2.50 bits per heavy atom. The monoisotopic (exact) mass is 256 g/mol. The van der Waals surface area contributed by atoms with Gasteiger partial charge in [-0.15, -0.1) is 0 Å². The van der Waals surface area contributed by atoms with Gasteiger partial charge in [0, 0.05) is 24.0 Å². The fourth-order valence-corrected chi connectivity index (χ4v) is 3.28. The van der Waals surface area contributed by atoms with Crippen molar-refractivity contribution in [3.8, 4) is 0 Å². The van der Waals surface area contributed by atoms with E-state index < -0.39 is 11.7 Å². The normalized spacial score (nSPS) is 35.1. The summed E-state index contributed by atoms with van der Waals surface area (Å²) in [4.78, 5) is 0. The highest BCUT2D eigenvalue weighted by Crippen LogP contribution is 2.40. The SMILES string of the molecule is NC1C2CCC(N2)C1c1cccc(C(F)(F)F)c1. The van der Waals surface area contributed by atoms with Crippen LogP contribution in [0.4, 0.5) is 13.2 Å². The highest BCUT2D eigenvalue weighted by molar-refractivity contribution is 5.33. The van der Waals surface area contributed by atoms with E-state index in [1.54, 1.807) is 6.07 Å². The summed E-state index contributed by atoms with van der Waals surface area (Å²) in [7, 11) is 0. The minimum Gasteiger partial charge on any atom is -0.326 e. The van der Waals surface area contributed by atoms with Gasteiger partial charge in [-0.1, -0.05) is 18.2 Å². The molecule has 2 fully saturated rings. The fourth-order valence-electron chi connectivity index (χ4n) is 3.28. The van der Waals surface area contributed by atoms with Crippen molar-refractivity contribution in [2.75, 3.05) is 0 Å². The molecule has 18 heavy (non-hydrogen) atoms. The molecule has 1 aromatic carbocycles. The summed E-state index contributed by atoms with van der Waals surface area (Å²) in [5, 5.41) is 3.38. The number of alkyl halides is 3. The van der Waals surface area contributed by atoms with E-state index in [-0.39, 0.29) is 24.0 Å². The number of rotatable bonds is 1. The quantitative estimate of drug-likeness (QED) is 0.808. The van der Waals surface area contributed by atoms with Gasteiger partial charge >= 0.3 is 6.18 Å². The lowest BCUT2D eigenvalue weighted by atomic mass is 9.80. The molecule has 3 rings (SSSR count). The van der Waals surface area contributed by atoms with E-state index in [1.165, 1.54) is 12.1 Å². The molecule has 2 heterocycles. The number of fused-ring (bicyclic) bond motifs is 2. The van der Waals surface area contributed by atoms with Gasteiger partial charge in [-0.3, -0.25) is 0 Å². The molecule has 0 aromatic heterocycles. The Morgan fingerprint density at radius 1 is 1.17 bits per heavy atom. The molecule has 98 valence electrons. The Morgan fingerprint density at radius 2 is 1.89 bits per heavy atom. The molecule has 5 heteroatoms. The van der Waals surface area contributed by atoms with Crippen LogP contribution in [0.25, 0.3) is 0 Å². The predicted octanol–water partition coefficient (Wildman–Crippen LogP) is 2.25. The van der Waals surface area contributed by atoms with Crippen molar-refractivity contribution in [2.24, 2.45) is 5.73 Å². The first-order valence-corrected chi connectivity index (χ1v) is 6.15. The minimum atomic E-state index is -4.29. The molecule has 0 amide bonds. The smallest absolute Gasteiger partial charge is 0.326 e. The van der Waals surface area contributed by atoms with E-state index in [2.05, 4.69) is 5.32 Å². The molecule has 2 aliphatic heterocycles. The Hall–Kier alpha value is -1.07. The van der Waals surface area contributed by atoms with Crippen LogP contribution in [0.5, 0.6) is 0 Å². The lowest BCUT2D eigenvalue weighted by Crippen LogP contribution is -2.38. The van der Waals surface area contributed by atoms with Crippen molar-refractivity contribution in [3.63, 3.8) is 0 Å². The van der Waals surface area contributed by atoms with Crippen molar-refractivity contribution in [2.45, 2.75) is 43.1 Å². The third-order valence-corrected chi connectivity index (χ3v) is 4.13. The van der Waals surface area contributed by atoms with Gasteiger partial charge < -0.3 is 11.1 Å². The second-order valence-corrected chi connectivity index (χ2v) is 5.18. The van der Waals surface area contributed by atoms with E-state index in [9.17, 15) is 13.2 Å². The summed E-state index contributed by atoms with van der Waals surface area (Å²) in [6.07, 6.45) is -2.26. The molecule has 2 bridgehead atoms. The molecule has 3 N–H and O–H groups in total. The van der Waals surface area contributed by atoms with Crippen molar-refractivity contribution < 1.29 is 13.2 Å². The van der Waals surface area contributed by atoms with Crippen molar-refractivity contribution >= 4 is 0 Å². The standard InChI is InChI=1S/C13H15F3N2/c14-13(15,16)8-3-1-2-7(6-8)11-9-4-5-10(18-9)12(11)17/h1-3,6,9-12,18H,4-5,17H2. The zero-order chi connectivity index (χ0) is 12.9. The van der Waals surface area contributed by atoms with Crippen molar-refractivity contribution in [3.05, 3.63) is 35.4 Å². The average Bonchev–Trinajstić information content (AvgIpc) is 2.88. The van der Waals surface area contributed by atoms with Gasteiger partial charge in [0.25, 0.3) is 0 Å². The maximum absolute atomic E-state index is 12.7. The van der Waals surface area contributed by atoms with Crippen LogP contribution in [0.1, 0.15) is 29.9 Å². The molecule has 0 spiro atoms. The number of nitrogens with one attached hydrogen (secondary N) is 1. The highest BCUT2D eigenvalue weighted by atomic mass is 19.4. The first-order chi connectivity index (χ1) is 8.47. The zero-order valence-corrected chi connectivity index (χ0v) is 9.74. The summed E-state index contributed by atoms with van der Waals surface area (Å²) in [5.74, 6) is 0.00560. The summed E-state index contributed by atoms with van der Waals surface area (Å²) >= 11 is 0.